The predicted molar refractivity (Wildman–Crippen MR) is 129 cm³/mol. The van der Waals surface area contributed by atoms with Crippen LogP contribution in [0.4, 0.5) is 0 Å². The van der Waals surface area contributed by atoms with E-state index in [1.165, 1.54) is 4.90 Å². The van der Waals surface area contributed by atoms with Gasteiger partial charge in [0.15, 0.2) is 0 Å². The number of ether oxygens (including phenoxy) is 1. The molecule has 0 bridgehead atoms. The quantitative estimate of drug-likeness (QED) is 0.305. The van der Waals surface area contributed by atoms with Crippen LogP contribution in [0.15, 0.2) is 52.5 Å². The molecular formula is C24H26BrClN2O4. The van der Waals surface area contributed by atoms with Gasteiger partial charge in [-0.2, -0.15) is 0 Å². The first-order valence-corrected chi connectivity index (χ1v) is 11.5. The molecular weight excluding hydrogens is 496 g/mol. The number of benzene rings is 2. The summed E-state index contributed by atoms with van der Waals surface area (Å²) in [4.78, 5) is 29.6. The minimum absolute atomic E-state index is 0.0578. The zero-order chi connectivity index (χ0) is 23.4. The minimum atomic E-state index is -0.703. The van der Waals surface area contributed by atoms with Gasteiger partial charge in [-0.1, -0.05) is 39.7 Å². The normalized spacial score (nSPS) is 17.9. The predicted octanol–water partition coefficient (Wildman–Crippen LogP) is 4.87. The van der Waals surface area contributed by atoms with Crippen molar-refractivity contribution in [2.45, 2.75) is 19.4 Å². The standard InChI is InChI=1S/C24H26BrClN2O4/c1-4-32-19-11-8-16(14-18(19)26)22(29)20-21(15-6-9-17(25)10-7-15)28(24(31)23(20)30)13-5-12-27(2)3/h6-11,14,21,29H,4-5,12-13H2,1-3H3/t21-/m1/s1. The highest BCUT2D eigenvalue weighted by Crippen LogP contribution is 2.40. The molecule has 0 radical (unpaired) electrons. The third-order valence-corrected chi connectivity index (χ3v) is 6.06. The smallest absolute Gasteiger partial charge is 0.295 e. The number of amides is 1. The second kappa shape index (κ2) is 10.5. The first-order valence-electron chi connectivity index (χ1n) is 10.4. The van der Waals surface area contributed by atoms with E-state index in [2.05, 4.69) is 15.9 Å². The van der Waals surface area contributed by atoms with Crippen LogP contribution in [0, 0.1) is 0 Å². The number of likely N-dealkylation sites (tertiary alicyclic amines) is 1. The number of ketones is 1. The lowest BCUT2D eigenvalue weighted by Gasteiger charge is -2.26. The average Bonchev–Trinajstić information content (AvgIpc) is 3.00. The molecule has 1 aliphatic rings. The van der Waals surface area contributed by atoms with E-state index in [-0.39, 0.29) is 11.3 Å². The van der Waals surface area contributed by atoms with Gasteiger partial charge in [-0.25, -0.2) is 0 Å². The molecule has 1 aliphatic heterocycles. The van der Waals surface area contributed by atoms with E-state index in [0.29, 0.717) is 35.9 Å². The Bertz CT molecular complexity index is 1040. The van der Waals surface area contributed by atoms with Gasteiger partial charge in [0, 0.05) is 16.6 Å². The van der Waals surface area contributed by atoms with E-state index in [1.54, 1.807) is 18.2 Å². The summed E-state index contributed by atoms with van der Waals surface area (Å²) in [7, 11) is 3.91. The molecule has 1 atom stereocenters. The fraction of sp³-hybridized carbons (Fsp3) is 0.333. The first-order chi connectivity index (χ1) is 15.2. The van der Waals surface area contributed by atoms with Gasteiger partial charge >= 0.3 is 0 Å². The summed E-state index contributed by atoms with van der Waals surface area (Å²) >= 11 is 9.71. The number of carbonyl (C=O) groups excluding carboxylic acids is 2. The molecule has 6 nitrogen and oxygen atoms in total. The summed E-state index contributed by atoms with van der Waals surface area (Å²) in [5.41, 5.74) is 1.16. The van der Waals surface area contributed by atoms with Crippen LogP contribution in [0.2, 0.25) is 5.02 Å². The van der Waals surface area contributed by atoms with Crippen molar-refractivity contribution in [3.8, 4) is 5.75 Å². The molecule has 0 saturated carbocycles. The number of carbonyl (C=O) groups is 2. The van der Waals surface area contributed by atoms with E-state index < -0.39 is 17.7 Å². The van der Waals surface area contributed by atoms with Crippen molar-refractivity contribution in [2.75, 3.05) is 33.8 Å². The molecule has 2 aromatic carbocycles. The van der Waals surface area contributed by atoms with Crippen molar-refractivity contribution >= 4 is 45.0 Å². The largest absolute Gasteiger partial charge is 0.507 e. The number of aliphatic hydroxyl groups excluding tert-OH is 1. The van der Waals surface area contributed by atoms with E-state index in [9.17, 15) is 14.7 Å². The Morgan fingerprint density at radius 2 is 1.88 bits per heavy atom. The zero-order valence-electron chi connectivity index (χ0n) is 18.3. The maximum atomic E-state index is 13.0. The van der Waals surface area contributed by atoms with Crippen LogP contribution in [0.25, 0.3) is 5.76 Å². The molecule has 0 unspecified atom stereocenters. The molecule has 0 spiro atoms. The molecule has 0 aliphatic carbocycles. The molecule has 1 N–H and O–H groups in total. The number of nitrogens with zero attached hydrogens (tertiary/aromatic N) is 2. The van der Waals surface area contributed by atoms with E-state index in [1.807, 2.05) is 50.2 Å². The fourth-order valence-electron chi connectivity index (χ4n) is 3.74. The van der Waals surface area contributed by atoms with Gasteiger partial charge in [0.05, 0.1) is 23.2 Å². The van der Waals surface area contributed by atoms with Crippen LogP contribution in [0.1, 0.15) is 30.5 Å². The number of halogens is 2. The highest BCUT2D eigenvalue weighted by Gasteiger charge is 2.45. The topological polar surface area (TPSA) is 70.1 Å². The van der Waals surface area contributed by atoms with E-state index in [4.69, 9.17) is 16.3 Å². The Kier molecular flexibility index (Phi) is 7.98. The maximum Gasteiger partial charge on any atom is 0.295 e. The first kappa shape index (κ1) is 24.3. The second-order valence-corrected chi connectivity index (χ2v) is 9.10. The van der Waals surface area contributed by atoms with Crippen molar-refractivity contribution < 1.29 is 19.4 Å². The third kappa shape index (κ3) is 5.17. The Labute approximate surface area is 201 Å². The molecule has 1 fully saturated rings. The van der Waals surface area contributed by atoms with Crippen molar-refractivity contribution in [2.24, 2.45) is 0 Å². The van der Waals surface area contributed by atoms with Crippen LogP contribution in [-0.2, 0) is 9.59 Å². The van der Waals surface area contributed by atoms with Crippen LogP contribution in [-0.4, -0.2) is 60.4 Å². The maximum absolute atomic E-state index is 13.0. The molecule has 2 aromatic rings. The van der Waals surface area contributed by atoms with E-state index >= 15 is 0 Å². The Morgan fingerprint density at radius 3 is 2.47 bits per heavy atom. The van der Waals surface area contributed by atoms with Gasteiger partial charge in [-0.3, -0.25) is 9.59 Å². The molecule has 3 rings (SSSR count). The van der Waals surface area contributed by atoms with Crippen LogP contribution >= 0.6 is 27.5 Å². The van der Waals surface area contributed by atoms with Crippen LogP contribution in [0.3, 0.4) is 0 Å². The molecule has 170 valence electrons. The lowest BCUT2D eigenvalue weighted by atomic mass is 9.95. The molecule has 32 heavy (non-hydrogen) atoms. The highest BCUT2D eigenvalue weighted by molar-refractivity contribution is 9.10. The number of aliphatic hydroxyl groups is 1. The average molecular weight is 522 g/mol. The Morgan fingerprint density at radius 1 is 1.19 bits per heavy atom. The van der Waals surface area contributed by atoms with Gasteiger partial charge in [0.25, 0.3) is 11.7 Å². The zero-order valence-corrected chi connectivity index (χ0v) is 20.6. The summed E-state index contributed by atoms with van der Waals surface area (Å²) in [6.07, 6.45) is 0.696. The van der Waals surface area contributed by atoms with Gasteiger partial charge in [-0.05, 0) is 69.9 Å². The van der Waals surface area contributed by atoms with Gasteiger partial charge in [-0.15, -0.1) is 0 Å². The van der Waals surface area contributed by atoms with E-state index in [0.717, 1.165) is 16.6 Å². The van der Waals surface area contributed by atoms with Gasteiger partial charge in [0.2, 0.25) is 0 Å². The fourth-order valence-corrected chi connectivity index (χ4v) is 4.24. The SMILES string of the molecule is CCOc1ccc(C(O)=C2C(=O)C(=O)N(CCCN(C)C)[C@@H]2c2ccc(Br)cc2)cc1Cl. The third-order valence-electron chi connectivity index (χ3n) is 5.24. The van der Waals surface area contributed by atoms with Crippen molar-refractivity contribution in [3.63, 3.8) is 0 Å². The summed E-state index contributed by atoms with van der Waals surface area (Å²) in [5.74, 6) is -1.09. The lowest BCUT2D eigenvalue weighted by molar-refractivity contribution is -0.139. The molecule has 8 heteroatoms. The number of Topliss-reactive ketones (excluding diaryl/α,β-unsaturated/α-hetero) is 1. The van der Waals surface area contributed by atoms with Crippen molar-refractivity contribution in [1.82, 2.24) is 9.80 Å². The van der Waals surface area contributed by atoms with Crippen molar-refractivity contribution in [3.05, 3.63) is 68.7 Å². The monoisotopic (exact) mass is 520 g/mol. The van der Waals surface area contributed by atoms with Gasteiger partial charge < -0.3 is 19.6 Å². The summed E-state index contributed by atoms with van der Waals surface area (Å²) in [6, 6.07) is 11.5. The summed E-state index contributed by atoms with van der Waals surface area (Å²) in [5, 5.41) is 11.5. The number of rotatable bonds is 8. The number of hydrogen-bond acceptors (Lipinski definition) is 5. The molecule has 0 aromatic heterocycles. The Hall–Kier alpha value is -2.35. The molecule has 1 amide bonds. The van der Waals surface area contributed by atoms with Crippen LogP contribution < -0.4 is 4.74 Å². The summed E-state index contributed by atoms with van der Waals surface area (Å²) < 4.78 is 6.33. The van der Waals surface area contributed by atoms with Gasteiger partial charge in [0.1, 0.15) is 11.5 Å². The van der Waals surface area contributed by atoms with Crippen molar-refractivity contribution in [1.29, 1.82) is 0 Å². The van der Waals surface area contributed by atoms with Crippen LogP contribution in [0.5, 0.6) is 5.75 Å². The highest BCUT2D eigenvalue weighted by atomic mass is 79.9. The summed E-state index contributed by atoms with van der Waals surface area (Å²) in [6.45, 7) is 3.46. The lowest BCUT2D eigenvalue weighted by Crippen LogP contribution is -2.32. The second-order valence-electron chi connectivity index (χ2n) is 7.78. The molecule has 1 heterocycles. The molecule has 1 saturated heterocycles. The number of hydrogen-bond donors (Lipinski definition) is 1. The Balaban J connectivity index is 2.08. The minimum Gasteiger partial charge on any atom is -0.507 e.